The molecule has 32 heavy (non-hydrogen) atoms. The van der Waals surface area contributed by atoms with Crippen LogP contribution in [0.15, 0.2) is 91.1 Å². The number of aromatic nitrogens is 1. The number of nitrogens with one attached hydrogen (secondary N) is 1. The monoisotopic (exact) mass is 443 g/mol. The van der Waals surface area contributed by atoms with Gasteiger partial charge in [0.2, 0.25) is 0 Å². The maximum absolute atomic E-state index is 13.7. The van der Waals surface area contributed by atoms with Gasteiger partial charge in [0.1, 0.15) is 11.8 Å². The second-order valence-electron chi connectivity index (χ2n) is 7.65. The standard InChI is InChI=1S/C26H22ClN3O2/c1-32-20-10-6-9-19(16-20)28-26(31)30-17-18-8-2-5-13-23(18)29-15-7-14-24(29)25(30)21-11-3-4-12-22(21)27/h2-16,25H,17H2,1H3,(H,28,31)/t25-/m1/s1. The third kappa shape index (κ3) is 3.61. The first-order valence-corrected chi connectivity index (χ1v) is 10.7. The molecule has 6 heteroatoms. The molecular weight excluding hydrogens is 422 g/mol. The van der Waals surface area contributed by atoms with Crippen LogP contribution in [-0.2, 0) is 6.54 Å². The highest BCUT2D eigenvalue weighted by Crippen LogP contribution is 2.39. The molecular formula is C26H22ClN3O2. The van der Waals surface area contributed by atoms with Crippen molar-refractivity contribution < 1.29 is 9.53 Å². The molecule has 5 rings (SSSR count). The zero-order valence-corrected chi connectivity index (χ0v) is 18.3. The summed E-state index contributed by atoms with van der Waals surface area (Å²) in [6, 6.07) is 26.6. The Morgan fingerprint density at radius 3 is 2.66 bits per heavy atom. The number of ether oxygens (including phenoxy) is 1. The number of halogens is 1. The third-order valence-electron chi connectivity index (χ3n) is 5.75. The van der Waals surface area contributed by atoms with Gasteiger partial charge in [0.25, 0.3) is 0 Å². The van der Waals surface area contributed by atoms with Crippen molar-refractivity contribution in [2.75, 3.05) is 12.4 Å². The number of urea groups is 1. The summed E-state index contributed by atoms with van der Waals surface area (Å²) in [5.74, 6) is 0.681. The van der Waals surface area contributed by atoms with E-state index in [4.69, 9.17) is 16.3 Å². The molecule has 1 atom stereocenters. The molecule has 0 bridgehead atoms. The summed E-state index contributed by atoms with van der Waals surface area (Å²) in [6.45, 7) is 0.434. The number of hydrogen-bond acceptors (Lipinski definition) is 2. The summed E-state index contributed by atoms with van der Waals surface area (Å²) in [6.07, 6.45) is 2.03. The van der Waals surface area contributed by atoms with Crippen LogP contribution in [0.2, 0.25) is 5.02 Å². The number of fused-ring (bicyclic) bond motifs is 3. The largest absolute Gasteiger partial charge is 0.497 e. The van der Waals surface area contributed by atoms with Crippen molar-refractivity contribution in [3.05, 3.63) is 113 Å². The molecule has 0 unspecified atom stereocenters. The maximum Gasteiger partial charge on any atom is 0.322 e. The summed E-state index contributed by atoms with van der Waals surface area (Å²) >= 11 is 6.64. The van der Waals surface area contributed by atoms with Crippen LogP contribution in [0.25, 0.3) is 5.69 Å². The van der Waals surface area contributed by atoms with Gasteiger partial charge in [0.15, 0.2) is 0 Å². The van der Waals surface area contributed by atoms with Gasteiger partial charge >= 0.3 is 6.03 Å². The molecule has 2 amide bonds. The molecule has 3 aromatic carbocycles. The molecule has 5 nitrogen and oxygen atoms in total. The number of nitrogens with zero attached hydrogens (tertiary/aromatic N) is 2. The molecule has 1 aliphatic rings. The van der Waals surface area contributed by atoms with Crippen molar-refractivity contribution in [2.45, 2.75) is 12.6 Å². The van der Waals surface area contributed by atoms with E-state index in [0.29, 0.717) is 23.0 Å². The van der Waals surface area contributed by atoms with E-state index >= 15 is 0 Å². The summed E-state index contributed by atoms with van der Waals surface area (Å²) < 4.78 is 7.45. The number of carbonyl (C=O) groups is 1. The minimum Gasteiger partial charge on any atom is -0.497 e. The van der Waals surface area contributed by atoms with Crippen LogP contribution < -0.4 is 10.1 Å². The number of hydrogen-bond donors (Lipinski definition) is 1. The SMILES string of the molecule is COc1cccc(NC(=O)N2Cc3ccccc3-n3cccc3[C@H]2c2ccccc2Cl)c1. The van der Waals surface area contributed by atoms with E-state index in [-0.39, 0.29) is 12.1 Å². The minimum atomic E-state index is -0.364. The van der Waals surface area contributed by atoms with E-state index in [0.717, 1.165) is 22.5 Å². The van der Waals surface area contributed by atoms with Gasteiger partial charge < -0.3 is 19.5 Å². The fourth-order valence-electron chi connectivity index (χ4n) is 4.26. The van der Waals surface area contributed by atoms with Crippen LogP contribution in [0.5, 0.6) is 5.75 Å². The number of para-hydroxylation sites is 1. The average molecular weight is 444 g/mol. The maximum atomic E-state index is 13.7. The lowest BCUT2D eigenvalue weighted by molar-refractivity contribution is 0.194. The fraction of sp³-hybridized carbons (Fsp3) is 0.115. The van der Waals surface area contributed by atoms with E-state index in [1.807, 2.05) is 77.8 Å². The van der Waals surface area contributed by atoms with E-state index in [2.05, 4.69) is 22.0 Å². The molecule has 0 fully saturated rings. The van der Waals surface area contributed by atoms with E-state index < -0.39 is 0 Å². The Morgan fingerprint density at radius 1 is 1.00 bits per heavy atom. The van der Waals surface area contributed by atoms with Gasteiger partial charge in [-0.2, -0.15) is 0 Å². The van der Waals surface area contributed by atoms with Crippen LogP contribution in [0, 0.1) is 0 Å². The lowest BCUT2D eigenvalue weighted by atomic mass is 10.0. The van der Waals surface area contributed by atoms with Crippen LogP contribution in [0.1, 0.15) is 22.9 Å². The predicted molar refractivity (Wildman–Crippen MR) is 127 cm³/mol. The van der Waals surface area contributed by atoms with Crippen molar-refractivity contribution in [1.29, 1.82) is 0 Å². The van der Waals surface area contributed by atoms with Crippen LogP contribution in [0.4, 0.5) is 10.5 Å². The molecule has 160 valence electrons. The molecule has 1 N–H and O–H groups in total. The van der Waals surface area contributed by atoms with Crippen molar-refractivity contribution in [1.82, 2.24) is 9.47 Å². The molecule has 4 aromatic rings. The second-order valence-corrected chi connectivity index (χ2v) is 8.05. The Labute approximate surface area is 191 Å². The quantitative estimate of drug-likeness (QED) is 0.405. The Balaban J connectivity index is 1.63. The van der Waals surface area contributed by atoms with E-state index in [9.17, 15) is 4.79 Å². The van der Waals surface area contributed by atoms with Crippen molar-refractivity contribution in [2.24, 2.45) is 0 Å². The molecule has 0 radical (unpaired) electrons. The zero-order chi connectivity index (χ0) is 22.1. The zero-order valence-electron chi connectivity index (χ0n) is 17.5. The molecule has 0 aliphatic carbocycles. The van der Waals surface area contributed by atoms with Gasteiger partial charge in [-0.3, -0.25) is 0 Å². The second kappa shape index (κ2) is 8.44. The minimum absolute atomic E-state index is 0.215. The number of amides is 2. The summed E-state index contributed by atoms with van der Waals surface area (Å²) in [5, 5.41) is 3.66. The first kappa shape index (κ1) is 20.2. The third-order valence-corrected chi connectivity index (χ3v) is 6.09. The van der Waals surface area contributed by atoms with Gasteiger partial charge in [-0.1, -0.05) is 54.1 Å². The smallest absolute Gasteiger partial charge is 0.322 e. The normalized spacial score (nSPS) is 14.8. The van der Waals surface area contributed by atoms with Gasteiger partial charge in [-0.05, 0) is 47.5 Å². The Bertz CT molecular complexity index is 1280. The molecule has 2 heterocycles. The Hall–Kier alpha value is -3.70. The van der Waals surface area contributed by atoms with Gasteiger partial charge in [-0.15, -0.1) is 0 Å². The topological polar surface area (TPSA) is 46.5 Å². The summed E-state index contributed by atoms with van der Waals surface area (Å²) in [5.41, 5.74) is 4.63. The van der Waals surface area contributed by atoms with Gasteiger partial charge in [0, 0.05) is 23.0 Å². The number of anilines is 1. The van der Waals surface area contributed by atoms with Gasteiger partial charge in [0.05, 0.1) is 25.0 Å². The number of carbonyl (C=O) groups excluding carboxylic acids is 1. The lowest BCUT2D eigenvalue weighted by Gasteiger charge is -2.31. The van der Waals surface area contributed by atoms with Crippen LogP contribution >= 0.6 is 11.6 Å². The Morgan fingerprint density at radius 2 is 1.81 bits per heavy atom. The highest BCUT2D eigenvalue weighted by atomic mass is 35.5. The van der Waals surface area contributed by atoms with Crippen molar-refractivity contribution >= 4 is 23.3 Å². The molecule has 1 aliphatic heterocycles. The predicted octanol–water partition coefficient (Wildman–Crippen LogP) is 6.28. The molecule has 1 aromatic heterocycles. The van der Waals surface area contributed by atoms with Crippen LogP contribution in [0.3, 0.4) is 0 Å². The number of methoxy groups -OCH3 is 1. The van der Waals surface area contributed by atoms with Crippen molar-refractivity contribution in [3.8, 4) is 11.4 Å². The van der Waals surface area contributed by atoms with E-state index in [1.54, 1.807) is 13.2 Å². The highest BCUT2D eigenvalue weighted by molar-refractivity contribution is 6.31. The molecule has 0 saturated carbocycles. The van der Waals surface area contributed by atoms with Gasteiger partial charge in [-0.25, -0.2) is 4.79 Å². The first-order chi connectivity index (χ1) is 15.7. The molecule has 0 spiro atoms. The summed E-state index contributed by atoms with van der Waals surface area (Å²) in [7, 11) is 1.61. The molecule has 0 saturated heterocycles. The lowest BCUT2D eigenvalue weighted by Crippen LogP contribution is -2.38. The van der Waals surface area contributed by atoms with E-state index in [1.165, 1.54) is 0 Å². The Kier molecular flexibility index (Phi) is 5.33. The highest BCUT2D eigenvalue weighted by Gasteiger charge is 2.34. The number of rotatable bonds is 3. The summed E-state index contributed by atoms with van der Waals surface area (Å²) in [4.78, 5) is 15.5. The van der Waals surface area contributed by atoms with Crippen molar-refractivity contribution in [3.63, 3.8) is 0 Å². The average Bonchev–Trinajstić information content (AvgIpc) is 3.24. The van der Waals surface area contributed by atoms with Crippen LogP contribution in [-0.4, -0.2) is 22.6 Å². The fourth-order valence-corrected chi connectivity index (χ4v) is 4.50. The number of benzene rings is 3. The first-order valence-electron chi connectivity index (χ1n) is 10.4.